The van der Waals surface area contributed by atoms with Gasteiger partial charge in [-0.2, -0.15) is 0 Å². The number of nitrogens with one attached hydrogen (secondary N) is 2. The first-order valence-electron chi connectivity index (χ1n) is 15.1. The quantitative estimate of drug-likeness (QED) is 0.352. The molecule has 1 spiro atoms. The van der Waals surface area contributed by atoms with Gasteiger partial charge in [-0.1, -0.05) is 6.92 Å². The lowest BCUT2D eigenvalue weighted by atomic mass is 9.70. The Morgan fingerprint density at radius 2 is 1.64 bits per heavy atom. The van der Waals surface area contributed by atoms with E-state index in [1.165, 1.54) is 4.90 Å². The standard InChI is InChI=1S/C32H42N4O6/c1-5-22(19-37)36-28(30(39)34-20-9-13-23(14-10-20)35(6-2)7-3)32-18-17-25(42-32)26(27(32)31(36)40)29(38)33-21-11-15-24(16-12-21)41-8-4/h9-16,22,25-28,37H,5-8,17-19H2,1-4H3,(H,33,38)(H,34,39)/t22-,25-,26+,27-,28?,32?/m0/s1. The molecule has 2 unspecified atom stereocenters. The number of rotatable bonds is 12. The zero-order valence-corrected chi connectivity index (χ0v) is 24.8. The van der Waals surface area contributed by atoms with Crippen molar-refractivity contribution in [3.8, 4) is 5.75 Å². The molecular formula is C32H42N4O6. The average molecular weight is 579 g/mol. The molecule has 0 saturated carbocycles. The van der Waals surface area contributed by atoms with Crippen LogP contribution in [0.4, 0.5) is 17.1 Å². The highest BCUT2D eigenvalue weighted by Crippen LogP contribution is 2.59. The summed E-state index contributed by atoms with van der Waals surface area (Å²) in [4.78, 5) is 45.5. The highest BCUT2D eigenvalue weighted by atomic mass is 16.5. The van der Waals surface area contributed by atoms with E-state index in [1.807, 2.05) is 38.1 Å². The van der Waals surface area contributed by atoms with Crippen LogP contribution in [0.3, 0.4) is 0 Å². The number of aliphatic hydroxyl groups excluding tert-OH is 1. The maximum Gasteiger partial charge on any atom is 0.250 e. The molecule has 3 fully saturated rings. The third kappa shape index (κ3) is 5.11. The summed E-state index contributed by atoms with van der Waals surface area (Å²) >= 11 is 0. The van der Waals surface area contributed by atoms with Crippen LogP contribution in [0, 0.1) is 11.8 Å². The van der Waals surface area contributed by atoms with Crippen LogP contribution in [0.5, 0.6) is 5.75 Å². The molecule has 42 heavy (non-hydrogen) atoms. The van der Waals surface area contributed by atoms with Gasteiger partial charge in [0.25, 0.3) is 0 Å². The summed E-state index contributed by atoms with van der Waals surface area (Å²) in [7, 11) is 0. The molecule has 3 aliphatic heterocycles. The van der Waals surface area contributed by atoms with Crippen molar-refractivity contribution in [3.05, 3.63) is 48.5 Å². The summed E-state index contributed by atoms with van der Waals surface area (Å²) in [5.41, 5.74) is 1.11. The summed E-state index contributed by atoms with van der Waals surface area (Å²) in [6.07, 6.45) is 1.04. The molecule has 2 aromatic carbocycles. The fourth-order valence-corrected chi connectivity index (χ4v) is 7.08. The van der Waals surface area contributed by atoms with E-state index in [4.69, 9.17) is 9.47 Å². The highest BCUT2D eigenvalue weighted by molar-refractivity contribution is 6.05. The number of fused-ring (bicyclic) bond motifs is 1. The molecule has 0 aliphatic carbocycles. The number of aliphatic hydroxyl groups is 1. The lowest BCUT2D eigenvalue weighted by molar-refractivity contribution is -0.143. The smallest absolute Gasteiger partial charge is 0.250 e. The van der Waals surface area contributed by atoms with Crippen molar-refractivity contribution in [2.45, 2.75) is 70.7 Å². The summed E-state index contributed by atoms with van der Waals surface area (Å²) in [5.74, 6) is -1.87. The molecule has 0 aromatic heterocycles. The number of likely N-dealkylation sites (tertiary alicyclic amines) is 1. The minimum Gasteiger partial charge on any atom is -0.494 e. The second-order valence-corrected chi connectivity index (χ2v) is 11.2. The van der Waals surface area contributed by atoms with Gasteiger partial charge in [0.2, 0.25) is 17.7 Å². The van der Waals surface area contributed by atoms with Crippen molar-refractivity contribution in [2.24, 2.45) is 11.8 Å². The van der Waals surface area contributed by atoms with Gasteiger partial charge in [-0.3, -0.25) is 14.4 Å². The van der Waals surface area contributed by atoms with Crippen LogP contribution in [0.1, 0.15) is 47.0 Å². The maximum absolute atomic E-state index is 14.1. The SMILES string of the molecule is CCOc1ccc(NC(=O)[C@@H]2[C@@H]3CCC4(O3)C(C(=O)Nc3ccc(N(CC)CC)cc3)N([C@@H](CC)CO)C(=O)[C@H]24)cc1. The molecule has 0 radical (unpaired) electrons. The zero-order chi connectivity index (χ0) is 30.0. The largest absolute Gasteiger partial charge is 0.494 e. The van der Waals surface area contributed by atoms with Gasteiger partial charge in [-0.15, -0.1) is 0 Å². The molecule has 3 heterocycles. The van der Waals surface area contributed by atoms with E-state index in [-0.39, 0.29) is 24.3 Å². The van der Waals surface area contributed by atoms with Crippen molar-refractivity contribution in [1.82, 2.24) is 4.90 Å². The number of carbonyl (C=O) groups is 3. The minimum atomic E-state index is -1.14. The first-order valence-corrected chi connectivity index (χ1v) is 15.1. The van der Waals surface area contributed by atoms with Crippen molar-refractivity contribution < 1.29 is 29.0 Å². The molecule has 6 atom stereocenters. The number of anilines is 3. The van der Waals surface area contributed by atoms with Crippen LogP contribution in [0.25, 0.3) is 0 Å². The second kappa shape index (κ2) is 12.3. The predicted molar refractivity (Wildman–Crippen MR) is 160 cm³/mol. The molecule has 10 heteroatoms. The van der Waals surface area contributed by atoms with E-state index >= 15 is 0 Å². The number of hydrogen-bond donors (Lipinski definition) is 3. The normalized spacial score (nSPS) is 26.6. The Bertz CT molecular complexity index is 1280. The van der Waals surface area contributed by atoms with E-state index in [2.05, 4.69) is 29.4 Å². The molecule has 226 valence electrons. The van der Waals surface area contributed by atoms with Gasteiger partial charge in [0.15, 0.2) is 0 Å². The van der Waals surface area contributed by atoms with Gasteiger partial charge in [0, 0.05) is 30.2 Å². The van der Waals surface area contributed by atoms with Gasteiger partial charge in [-0.05, 0) is 88.6 Å². The monoisotopic (exact) mass is 578 g/mol. The predicted octanol–water partition coefficient (Wildman–Crippen LogP) is 3.65. The van der Waals surface area contributed by atoms with E-state index in [0.29, 0.717) is 43.0 Å². The molecule has 2 aromatic rings. The molecular weight excluding hydrogens is 536 g/mol. The van der Waals surface area contributed by atoms with Gasteiger partial charge in [0.05, 0.1) is 37.2 Å². The third-order valence-electron chi connectivity index (χ3n) is 9.06. The third-order valence-corrected chi connectivity index (χ3v) is 9.06. The Hall–Kier alpha value is -3.63. The van der Waals surface area contributed by atoms with Crippen LogP contribution in [-0.4, -0.2) is 77.8 Å². The van der Waals surface area contributed by atoms with Crippen LogP contribution >= 0.6 is 0 Å². The van der Waals surface area contributed by atoms with Crippen molar-refractivity contribution in [1.29, 1.82) is 0 Å². The van der Waals surface area contributed by atoms with Gasteiger partial charge in [0.1, 0.15) is 17.4 Å². The van der Waals surface area contributed by atoms with Gasteiger partial charge in [-0.25, -0.2) is 0 Å². The minimum absolute atomic E-state index is 0.292. The Morgan fingerprint density at radius 3 is 2.21 bits per heavy atom. The summed E-state index contributed by atoms with van der Waals surface area (Å²) in [6, 6.07) is 13.2. The first-order chi connectivity index (χ1) is 20.3. The second-order valence-electron chi connectivity index (χ2n) is 11.2. The van der Waals surface area contributed by atoms with Crippen LogP contribution in [0.15, 0.2) is 48.5 Å². The van der Waals surface area contributed by atoms with Crippen molar-refractivity contribution in [3.63, 3.8) is 0 Å². The fourth-order valence-electron chi connectivity index (χ4n) is 7.08. The van der Waals surface area contributed by atoms with Crippen molar-refractivity contribution >= 4 is 34.8 Å². The van der Waals surface area contributed by atoms with Crippen LogP contribution in [-0.2, 0) is 19.1 Å². The van der Waals surface area contributed by atoms with Crippen LogP contribution in [0.2, 0.25) is 0 Å². The Balaban J connectivity index is 1.41. The maximum atomic E-state index is 14.1. The summed E-state index contributed by atoms with van der Waals surface area (Å²) in [6.45, 7) is 9.95. The van der Waals surface area contributed by atoms with E-state index in [1.54, 1.807) is 24.3 Å². The van der Waals surface area contributed by atoms with E-state index < -0.39 is 35.6 Å². The first kappa shape index (κ1) is 29.8. The fraction of sp³-hybridized carbons (Fsp3) is 0.531. The molecule has 3 saturated heterocycles. The lowest BCUT2D eigenvalue weighted by Gasteiger charge is -2.36. The average Bonchev–Trinajstić information content (AvgIpc) is 3.64. The molecule has 2 bridgehead atoms. The molecule has 5 rings (SSSR count). The van der Waals surface area contributed by atoms with E-state index in [0.717, 1.165) is 18.8 Å². The Morgan fingerprint density at radius 1 is 1.02 bits per heavy atom. The highest BCUT2D eigenvalue weighted by Gasteiger charge is 2.75. The summed E-state index contributed by atoms with van der Waals surface area (Å²) in [5, 5.41) is 16.2. The molecule has 3 amide bonds. The van der Waals surface area contributed by atoms with Crippen LogP contribution < -0.4 is 20.3 Å². The number of carbonyl (C=O) groups excluding carboxylic acids is 3. The number of ether oxygens (including phenoxy) is 2. The number of amides is 3. The number of hydrogen-bond acceptors (Lipinski definition) is 7. The van der Waals surface area contributed by atoms with E-state index in [9.17, 15) is 19.5 Å². The molecule has 10 nitrogen and oxygen atoms in total. The Kier molecular flexibility index (Phi) is 8.75. The Labute approximate surface area is 247 Å². The molecule has 3 aliphatic rings. The number of nitrogens with zero attached hydrogens (tertiary/aromatic N) is 2. The van der Waals surface area contributed by atoms with Gasteiger partial charge >= 0.3 is 0 Å². The lowest BCUT2D eigenvalue weighted by Crippen LogP contribution is -2.56. The van der Waals surface area contributed by atoms with Crippen molar-refractivity contribution in [2.75, 3.05) is 41.8 Å². The zero-order valence-electron chi connectivity index (χ0n) is 24.8. The molecule has 3 N–H and O–H groups in total. The van der Waals surface area contributed by atoms with Gasteiger partial charge < -0.3 is 35.0 Å². The number of benzene rings is 2. The topological polar surface area (TPSA) is 120 Å². The summed E-state index contributed by atoms with van der Waals surface area (Å²) < 4.78 is 12.0.